The summed E-state index contributed by atoms with van der Waals surface area (Å²) in [5, 5.41) is 3.23. The van der Waals surface area contributed by atoms with Crippen molar-refractivity contribution in [1.29, 1.82) is 0 Å². The van der Waals surface area contributed by atoms with Crippen LogP contribution in [0.4, 0.5) is 4.39 Å². The summed E-state index contributed by atoms with van der Waals surface area (Å²) in [5.74, 6) is 0.337. The first-order valence-electron chi connectivity index (χ1n) is 8.77. The van der Waals surface area contributed by atoms with Crippen molar-refractivity contribution in [1.82, 2.24) is 19.5 Å². The zero-order valence-electron chi connectivity index (χ0n) is 13.8. The molecule has 0 bridgehead atoms. The monoisotopic (exact) mass is 338 g/mol. The van der Waals surface area contributed by atoms with E-state index in [0.29, 0.717) is 19.0 Å². The zero-order chi connectivity index (χ0) is 17.0. The molecule has 5 rings (SSSR count). The lowest BCUT2D eigenvalue weighted by molar-refractivity contribution is 0.241. The van der Waals surface area contributed by atoms with Gasteiger partial charge in [-0.2, -0.15) is 0 Å². The lowest BCUT2D eigenvalue weighted by Gasteiger charge is -2.27. The molecule has 2 aromatic heterocycles. The highest BCUT2D eigenvalue weighted by molar-refractivity contribution is 5.43. The Bertz CT molecular complexity index is 1000. The van der Waals surface area contributed by atoms with Gasteiger partial charge in [0, 0.05) is 43.7 Å². The predicted molar refractivity (Wildman–Crippen MR) is 92.0 cm³/mol. The van der Waals surface area contributed by atoms with Crippen molar-refractivity contribution in [2.75, 3.05) is 6.54 Å². The normalized spacial score (nSPS) is 17.8. The smallest absolute Gasteiger partial charge is 0.277 e. The van der Waals surface area contributed by atoms with E-state index in [0.717, 1.165) is 41.1 Å². The summed E-state index contributed by atoms with van der Waals surface area (Å²) in [6.07, 6.45) is 3.14. The maximum atomic E-state index is 13.1. The maximum absolute atomic E-state index is 13.1. The third kappa shape index (κ3) is 2.66. The molecular weight excluding hydrogens is 319 g/mol. The average Bonchev–Trinajstić information content (AvgIpc) is 3.38. The number of H-pyrrole nitrogens is 1. The number of fused-ring (bicyclic) bond motifs is 2. The molecule has 1 saturated carbocycles. The summed E-state index contributed by atoms with van der Waals surface area (Å²) in [4.78, 5) is 19.8. The minimum atomic E-state index is -0.226. The second kappa shape index (κ2) is 5.52. The van der Waals surface area contributed by atoms with Crippen LogP contribution < -0.4 is 5.56 Å². The van der Waals surface area contributed by atoms with E-state index in [9.17, 15) is 9.18 Å². The fraction of sp³-hybridized carbons (Fsp3) is 0.368. The molecule has 128 valence electrons. The number of nitrogens with one attached hydrogen (secondary N) is 1. The molecule has 1 aliphatic carbocycles. The van der Waals surface area contributed by atoms with Crippen LogP contribution in [-0.4, -0.2) is 26.0 Å². The predicted octanol–water partition coefficient (Wildman–Crippen LogP) is 2.60. The number of nitrogens with zero attached hydrogens (tertiary/aromatic N) is 3. The van der Waals surface area contributed by atoms with E-state index < -0.39 is 0 Å². The number of hydrogen-bond donors (Lipinski definition) is 1. The Balaban J connectivity index is 1.45. The Hall–Kier alpha value is -2.47. The van der Waals surface area contributed by atoms with Crippen molar-refractivity contribution in [2.45, 2.75) is 38.3 Å². The van der Waals surface area contributed by atoms with Gasteiger partial charge in [0.05, 0.1) is 11.3 Å². The third-order valence-corrected chi connectivity index (χ3v) is 5.20. The van der Waals surface area contributed by atoms with Gasteiger partial charge in [-0.1, -0.05) is 12.1 Å². The van der Waals surface area contributed by atoms with Crippen LogP contribution in [0, 0.1) is 5.82 Å². The molecule has 2 aliphatic rings. The van der Waals surface area contributed by atoms with E-state index in [1.807, 2.05) is 6.07 Å². The Morgan fingerprint density at radius 3 is 2.80 bits per heavy atom. The second-order valence-electron chi connectivity index (χ2n) is 7.11. The Kier molecular flexibility index (Phi) is 3.28. The molecule has 0 atom stereocenters. The molecule has 5 nitrogen and oxygen atoms in total. The molecule has 1 aliphatic heterocycles. The number of hydrogen-bond acceptors (Lipinski definition) is 3. The van der Waals surface area contributed by atoms with Gasteiger partial charge in [-0.3, -0.25) is 14.8 Å². The molecule has 0 amide bonds. The van der Waals surface area contributed by atoms with Crippen molar-refractivity contribution in [3.8, 4) is 0 Å². The van der Waals surface area contributed by atoms with Gasteiger partial charge in [0.15, 0.2) is 5.65 Å². The van der Waals surface area contributed by atoms with Gasteiger partial charge < -0.3 is 0 Å². The number of rotatable bonds is 3. The maximum Gasteiger partial charge on any atom is 0.277 e. The quantitative estimate of drug-likeness (QED) is 0.799. The summed E-state index contributed by atoms with van der Waals surface area (Å²) >= 11 is 0. The summed E-state index contributed by atoms with van der Waals surface area (Å²) in [5.41, 5.74) is 4.61. The van der Waals surface area contributed by atoms with Crippen molar-refractivity contribution >= 4 is 5.65 Å². The average molecular weight is 338 g/mol. The molecule has 0 spiro atoms. The summed E-state index contributed by atoms with van der Waals surface area (Å²) in [6, 6.07) is 8.57. The van der Waals surface area contributed by atoms with Crippen LogP contribution in [0.1, 0.15) is 41.3 Å². The Labute approximate surface area is 144 Å². The summed E-state index contributed by atoms with van der Waals surface area (Å²) in [6.45, 7) is 2.14. The van der Waals surface area contributed by atoms with Gasteiger partial charge in [-0.25, -0.2) is 13.9 Å². The Morgan fingerprint density at radius 2 is 2.04 bits per heavy atom. The van der Waals surface area contributed by atoms with Crippen LogP contribution in [0.2, 0.25) is 0 Å². The third-order valence-electron chi connectivity index (χ3n) is 5.20. The lowest BCUT2D eigenvalue weighted by atomic mass is 10.1. The van der Waals surface area contributed by atoms with E-state index >= 15 is 0 Å². The van der Waals surface area contributed by atoms with E-state index in [2.05, 4.69) is 10.00 Å². The first-order chi connectivity index (χ1) is 12.2. The van der Waals surface area contributed by atoms with Gasteiger partial charge in [-0.05, 0) is 30.5 Å². The largest absolute Gasteiger partial charge is 0.294 e. The molecule has 1 N–H and O–H groups in total. The summed E-state index contributed by atoms with van der Waals surface area (Å²) < 4.78 is 14.6. The van der Waals surface area contributed by atoms with Crippen molar-refractivity contribution < 1.29 is 4.39 Å². The molecule has 0 radical (unpaired) electrons. The van der Waals surface area contributed by atoms with Crippen LogP contribution >= 0.6 is 0 Å². The lowest BCUT2D eigenvalue weighted by Crippen LogP contribution is -2.36. The minimum absolute atomic E-state index is 0.00991. The van der Waals surface area contributed by atoms with E-state index in [1.54, 1.807) is 16.6 Å². The highest BCUT2D eigenvalue weighted by atomic mass is 19.1. The first kappa shape index (κ1) is 14.8. The van der Waals surface area contributed by atoms with Crippen molar-refractivity contribution in [2.24, 2.45) is 0 Å². The highest BCUT2D eigenvalue weighted by Gasteiger charge is 2.27. The van der Waals surface area contributed by atoms with Gasteiger partial charge in [0.25, 0.3) is 5.56 Å². The van der Waals surface area contributed by atoms with Crippen LogP contribution in [0.15, 0.2) is 35.1 Å². The van der Waals surface area contributed by atoms with Gasteiger partial charge in [0.2, 0.25) is 0 Å². The van der Waals surface area contributed by atoms with Crippen molar-refractivity contribution in [3.63, 3.8) is 0 Å². The summed E-state index contributed by atoms with van der Waals surface area (Å²) in [7, 11) is 0. The molecule has 0 unspecified atom stereocenters. The number of benzene rings is 1. The van der Waals surface area contributed by atoms with Crippen molar-refractivity contribution in [3.05, 3.63) is 69.0 Å². The SMILES string of the molecule is O=c1c2c(nc3cc(C4CC4)[nH]n13)CCN(Cc1ccc(F)cc1)C2. The molecule has 1 fully saturated rings. The minimum Gasteiger partial charge on any atom is -0.294 e. The standard InChI is InChI=1S/C19H19FN4O/c20-14-5-1-12(2-6-14)10-23-8-7-16-15(11-23)19(25)24-18(21-16)9-17(22-24)13-3-4-13/h1-2,5-6,9,13,22H,3-4,7-8,10-11H2. The van der Waals surface area contributed by atoms with Gasteiger partial charge in [0.1, 0.15) is 5.82 Å². The molecule has 25 heavy (non-hydrogen) atoms. The van der Waals surface area contributed by atoms with Crippen LogP contribution in [0.3, 0.4) is 0 Å². The topological polar surface area (TPSA) is 53.4 Å². The molecule has 6 heteroatoms. The Morgan fingerprint density at radius 1 is 1.24 bits per heavy atom. The van der Waals surface area contributed by atoms with E-state index in [-0.39, 0.29) is 11.4 Å². The molecule has 3 heterocycles. The highest BCUT2D eigenvalue weighted by Crippen LogP contribution is 2.39. The molecular formula is C19H19FN4O. The fourth-order valence-corrected chi connectivity index (χ4v) is 3.64. The van der Waals surface area contributed by atoms with E-state index in [4.69, 9.17) is 4.98 Å². The molecule has 0 saturated heterocycles. The van der Waals surface area contributed by atoms with Gasteiger partial charge >= 0.3 is 0 Å². The van der Waals surface area contributed by atoms with Crippen LogP contribution in [0.25, 0.3) is 5.65 Å². The fourth-order valence-electron chi connectivity index (χ4n) is 3.64. The zero-order valence-corrected chi connectivity index (χ0v) is 13.8. The second-order valence-corrected chi connectivity index (χ2v) is 7.11. The number of aromatic amines is 1. The van der Waals surface area contributed by atoms with Crippen LogP contribution in [0.5, 0.6) is 0 Å². The molecule has 3 aromatic rings. The van der Waals surface area contributed by atoms with E-state index in [1.165, 1.54) is 25.0 Å². The van der Waals surface area contributed by atoms with Gasteiger partial charge in [-0.15, -0.1) is 0 Å². The number of aromatic nitrogens is 3. The first-order valence-corrected chi connectivity index (χ1v) is 8.77. The molecule has 1 aromatic carbocycles. The number of halogens is 1. The van der Waals surface area contributed by atoms with Crippen LogP contribution in [-0.2, 0) is 19.5 Å².